The van der Waals surface area contributed by atoms with Gasteiger partial charge in [0.15, 0.2) is 0 Å². The van der Waals surface area contributed by atoms with Crippen molar-refractivity contribution in [3.05, 3.63) is 47.8 Å². The Bertz CT molecular complexity index is 787. The topological polar surface area (TPSA) is 84.4 Å². The number of hydrogen-bond acceptors (Lipinski definition) is 6. The van der Waals surface area contributed by atoms with Gasteiger partial charge in [-0.2, -0.15) is 0 Å². The van der Waals surface area contributed by atoms with Crippen molar-refractivity contribution in [2.75, 3.05) is 31.2 Å². The molecule has 1 aromatic heterocycles. The second kappa shape index (κ2) is 7.25. The average molecular weight is 348 g/mol. The van der Waals surface area contributed by atoms with E-state index in [1.54, 1.807) is 36.5 Å². The molecule has 0 aliphatic carbocycles. The van der Waals surface area contributed by atoms with Crippen molar-refractivity contribution in [1.82, 2.24) is 14.7 Å². The number of anilines is 1. The zero-order chi connectivity index (χ0) is 17.0. The highest BCUT2D eigenvalue weighted by Crippen LogP contribution is 2.12. The highest BCUT2D eigenvalue weighted by molar-refractivity contribution is 7.89. The maximum atomic E-state index is 12.3. The van der Waals surface area contributed by atoms with Crippen LogP contribution in [0.2, 0.25) is 0 Å². The Balaban J connectivity index is 1.68. The van der Waals surface area contributed by atoms with Crippen LogP contribution >= 0.6 is 0 Å². The van der Waals surface area contributed by atoms with Crippen LogP contribution in [0, 0.1) is 6.92 Å². The molecule has 8 heteroatoms. The van der Waals surface area contributed by atoms with Gasteiger partial charge in [-0.15, -0.1) is 0 Å². The number of sulfonamides is 1. The van der Waals surface area contributed by atoms with E-state index in [0.29, 0.717) is 24.9 Å². The number of rotatable bonds is 5. The molecule has 1 aliphatic rings. The normalized spacial score (nSPS) is 15.5. The second-order valence-corrected chi connectivity index (χ2v) is 7.35. The lowest BCUT2D eigenvalue weighted by atomic mass is 10.2. The molecule has 0 amide bonds. The molecule has 24 heavy (non-hydrogen) atoms. The molecule has 3 rings (SSSR count). The van der Waals surface area contributed by atoms with Gasteiger partial charge in [-0.05, 0) is 25.1 Å². The van der Waals surface area contributed by atoms with Crippen LogP contribution in [-0.4, -0.2) is 44.7 Å². The summed E-state index contributed by atoms with van der Waals surface area (Å²) >= 11 is 0. The van der Waals surface area contributed by atoms with E-state index >= 15 is 0 Å². The van der Waals surface area contributed by atoms with E-state index in [1.807, 2.05) is 11.8 Å². The average Bonchev–Trinajstić information content (AvgIpc) is 2.61. The minimum absolute atomic E-state index is 0.121. The predicted octanol–water partition coefficient (Wildman–Crippen LogP) is 1.10. The fraction of sp³-hybridized carbons (Fsp3) is 0.375. The van der Waals surface area contributed by atoms with Gasteiger partial charge in [-0.3, -0.25) is 0 Å². The zero-order valence-corrected chi connectivity index (χ0v) is 14.3. The standard InChI is InChI=1S/C16H20N4O3S/c1-13-2-4-15(5-3-13)24(21,22)18-12-14-6-7-17-16(19-14)20-8-10-23-11-9-20/h2-7,18H,8-12H2,1H3. The van der Waals surface area contributed by atoms with Gasteiger partial charge in [0.1, 0.15) is 0 Å². The molecule has 0 radical (unpaired) electrons. The summed E-state index contributed by atoms with van der Waals surface area (Å²) < 4.78 is 32.5. The lowest BCUT2D eigenvalue weighted by molar-refractivity contribution is 0.122. The first-order valence-corrected chi connectivity index (χ1v) is 9.24. The lowest BCUT2D eigenvalue weighted by Gasteiger charge is -2.26. The summed E-state index contributed by atoms with van der Waals surface area (Å²) in [6.45, 7) is 4.80. The van der Waals surface area contributed by atoms with Gasteiger partial charge >= 0.3 is 0 Å². The molecule has 7 nitrogen and oxygen atoms in total. The van der Waals surface area contributed by atoms with E-state index in [2.05, 4.69) is 14.7 Å². The van der Waals surface area contributed by atoms with Crippen LogP contribution in [-0.2, 0) is 21.3 Å². The van der Waals surface area contributed by atoms with Crippen molar-refractivity contribution in [2.45, 2.75) is 18.4 Å². The fourth-order valence-corrected chi connectivity index (χ4v) is 3.37. The zero-order valence-electron chi connectivity index (χ0n) is 13.5. The van der Waals surface area contributed by atoms with Gasteiger partial charge < -0.3 is 9.64 Å². The van der Waals surface area contributed by atoms with Crippen LogP contribution in [0.15, 0.2) is 41.4 Å². The van der Waals surface area contributed by atoms with Crippen molar-refractivity contribution in [1.29, 1.82) is 0 Å². The molecule has 0 bridgehead atoms. The van der Waals surface area contributed by atoms with E-state index in [-0.39, 0.29) is 11.4 Å². The Labute approximate surface area is 141 Å². The van der Waals surface area contributed by atoms with E-state index < -0.39 is 10.0 Å². The summed E-state index contributed by atoms with van der Waals surface area (Å²) in [5.74, 6) is 0.602. The summed E-state index contributed by atoms with van der Waals surface area (Å²) in [5.41, 5.74) is 1.64. The van der Waals surface area contributed by atoms with Crippen molar-refractivity contribution >= 4 is 16.0 Å². The molecule has 1 aliphatic heterocycles. The molecule has 0 saturated carbocycles. The third-order valence-electron chi connectivity index (χ3n) is 3.77. The monoisotopic (exact) mass is 348 g/mol. The summed E-state index contributed by atoms with van der Waals surface area (Å²) in [6.07, 6.45) is 1.65. The van der Waals surface area contributed by atoms with Gasteiger partial charge in [-0.25, -0.2) is 23.1 Å². The molecule has 0 unspecified atom stereocenters. The summed E-state index contributed by atoms with van der Waals surface area (Å²) in [6, 6.07) is 8.45. The van der Waals surface area contributed by atoms with Crippen LogP contribution in [0.25, 0.3) is 0 Å². The minimum Gasteiger partial charge on any atom is -0.378 e. The molecule has 0 atom stereocenters. The SMILES string of the molecule is Cc1ccc(S(=O)(=O)NCc2ccnc(N3CCOCC3)n2)cc1. The van der Waals surface area contributed by atoms with Crippen molar-refractivity contribution < 1.29 is 13.2 Å². The van der Waals surface area contributed by atoms with Crippen molar-refractivity contribution in [3.63, 3.8) is 0 Å². The number of morpholine rings is 1. The van der Waals surface area contributed by atoms with E-state index in [4.69, 9.17) is 4.74 Å². The first-order chi connectivity index (χ1) is 11.5. The minimum atomic E-state index is -3.56. The molecule has 128 valence electrons. The summed E-state index contributed by atoms with van der Waals surface area (Å²) in [7, 11) is -3.56. The number of aromatic nitrogens is 2. The molecule has 1 N–H and O–H groups in total. The molecule has 2 heterocycles. The number of benzene rings is 1. The van der Waals surface area contributed by atoms with Gasteiger partial charge in [0.25, 0.3) is 0 Å². The molecular weight excluding hydrogens is 328 g/mol. The van der Waals surface area contributed by atoms with E-state index in [1.165, 1.54) is 0 Å². The second-order valence-electron chi connectivity index (χ2n) is 5.59. The number of hydrogen-bond donors (Lipinski definition) is 1. The molecule has 2 aromatic rings. The molecular formula is C16H20N4O3S. The number of aryl methyl sites for hydroxylation is 1. The number of nitrogens with one attached hydrogen (secondary N) is 1. The van der Waals surface area contributed by atoms with Gasteiger partial charge in [0.2, 0.25) is 16.0 Å². The summed E-state index contributed by atoms with van der Waals surface area (Å²) in [4.78, 5) is 11.0. The fourth-order valence-electron chi connectivity index (χ4n) is 2.37. The molecule has 1 aromatic carbocycles. The largest absolute Gasteiger partial charge is 0.378 e. The number of nitrogens with zero attached hydrogens (tertiary/aromatic N) is 3. The van der Waals surface area contributed by atoms with Crippen LogP contribution in [0.3, 0.4) is 0 Å². The predicted molar refractivity (Wildman–Crippen MR) is 90.3 cm³/mol. The Morgan fingerprint density at radius 1 is 1.17 bits per heavy atom. The van der Waals surface area contributed by atoms with Crippen molar-refractivity contribution in [3.8, 4) is 0 Å². The molecule has 1 saturated heterocycles. The van der Waals surface area contributed by atoms with E-state index in [9.17, 15) is 8.42 Å². The lowest BCUT2D eigenvalue weighted by Crippen LogP contribution is -2.37. The van der Waals surface area contributed by atoms with Gasteiger partial charge in [0.05, 0.1) is 30.3 Å². The maximum Gasteiger partial charge on any atom is 0.240 e. The third kappa shape index (κ3) is 4.08. The maximum absolute atomic E-state index is 12.3. The summed E-state index contributed by atoms with van der Waals surface area (Å²) in [5, 5.41) is 0. The Kier molecular flexibility index (Phi) is 5.08. The molecule has 1 fully saturated rings. The first kappa shape index (κ1) is 16.8. The van der Waals surface area contributed by atoms with Gasteiger partial charge in [-0.1, -0.05) is 17.7 Å². The van der Waals surface area contributed by atoms with Crippen LogP contribution < -0.4 is 9.62 Å². The highest BCUT2D eigenvalue weighted by atomic mass is 32.2. The first-order valence-electron chi connectivity index (χ1n) is 7.75. The van der Waals surface area contributed by atoms with Crippen LogP contribution in [0.4, 0.5) is 5.95 Å². The molecule has 0 spiro atoms. The van der Waals surface area contributed by atoms with Crippen LogP contribution in [0.5, 0.6) is 0 Å². The quantitative estimate of drug-likeness (QED) is 0.871. The van der Waals surface area contributed by atoms with Crippen molar-refractivity contribution in [2.24, 2.45) is 0 Å². The third-order valence-corrected chi connectivity index (χ3v) is 5.19. The number of ether oxygens (including phenoxy) is 1. The van der Waals surface area contributed by atoms with E-state index in [0.717, 1.165) is 18.7 Å². The smallest absolute Gasteiger partial charge is 0.240 e. The highest BCUT2D eigenvalue weighted by Gasteiger charge is 2.16. The van der Waals surface area contributed by atoms with Crippen LogP contribution in [0.1, 0.15) is 11.3 Å². The Morgan fingerprint density at radius 3 is 2.58 bits per heavy atom. The van der Waals surface area contributed by atoms with Gasteiger partial charge in [0, 0.05) is 19.3 Å². The Hall–Kier alpha value is -2.03. The Morgan fingerprint density at radius 2 is 1.88 bits per heavy atom.